The molecule has 120 valence electrons. The van der Waals surface area contributed by atoms with Gasteiger partial charge in [-0.05, 0) is 19.4 Å². The van der Waals surface area contributed by atoms with E-state index in [1.807, 2.05) is 23.6 Å². The van der Waals surface area contributed by atoms with Gasteiger partial charge in [0, 0.05) is 45.2 Å². The summed E-state index contributed by atoms with van der Waals surface area (Å²) >= 11 is 0. The normalized spacial score (nSPS) is 24.2. The lowest BCUT2D eigenvalue weighted by Gasteiger charge is -2.36. The number of amides is 2. The van der Waals surface area contributed by atoms with E-state index in [0.29, 0.717) is 39.3 Å². The summed E-state index contributed by atoms with van der Waals surface area (Å²) in [6.45, 7) is 8.78. The van der Waals surface area contributed by atoms with Crippen LogP contribution < -0.4 is 5.32 Å². The fraction of sp³-hybridized carbons (Fsp3) is 0.867. The summed E-state index contributed by atoms with van der Waals surface area (Å²) in [5.74, 6) is 0.269. The Labute approximate surface area is 126 Å². The van der Waals surface area contributed by atoms with E-state index in [1.165, 1.54) is 0 Å². The molecule has 2 atom stereocenters. The number of carbonyl (C=O) groups is 2. The number of hydrogen-bond acceptors (Lipinski definition) is 4. The molecule has 2 aliphatic rings. The van der Waals surface area contributed by atoms with Crippen molar-refractivity contribution < 1.29 is 14.3 Å². The van der Waals surface area contributed by atoms with Crippen molar-refractivity contribution in [3.63, 3.8) is 0 Å². The number of ether oxygens (including phenoxy) is 1. The highest BCUT2D eigenvalue weighted by molar-refractivity contribution is 5.82. The molecular weight excluding hydrogens is 270 g/mol. The molecule has 2 aliphatic heterocycles. The van der Waals surface area contributed by atoms with Gasteiger partial charge in [0.2, 0.25) is 5.91 Å². The first-order valence-electron chi connectivity index (χ1n) is 8.03. The molecule has 0 spiro atoms. The third kappa shape index (κ3) is 4.17. The number of carbonyl (C=O) groups excluding carboxylic acids is 2. The molecule has 0 aromatic heterocycles. The maximum atomic E-state index is 12.3. The van der Waals surface area contributed by atoms with Gasteiger partial charge >= 0.3 is 0 Å². The zero-order valence-corrected chi connectivity index (χ0v) is 13.1. The molecule has 2 amide bonds. The van der Waals surface area contributed by atoms with Gasteiger partial charge in [-0.3, -0.25) is 9.59 Å². The predicted molar refractivity (Wildman–Crippen MR) is 79.8 cm³/mol. The van der Waals surface area contributed by atoms with Gasteiger partial charge in [-0.1, -0.05) is 13.8 Å². The van der Waals surface area contributed by atoms with Gasteiger partial charge in [-0.2, -0.15) is 0 Å². The van der Waals surface area contributed by atoms with E-state index < -0.39 is 0 Å². The second-order valence-electron chi connectivity index (χ2n) is 5.86. The van der Waals surface area contributed by atoms with Gasteiger partial charge in [-0.15, -0.1) is 0 Å². The fourth-order valence-electron chi connectivity index (χ4n) is 2.88. The molecule has 0 saturated carbocycles. The number of rotatable bonds is 5. The van der Waals surface area contributed by atoms with E-state index in [-0.39, 0.29) is 23.8 Å². The van der Waals surface area contributed by atoms with Crippen LogP contribution in [0.15, 0.2) is 0 Å². The van der Waals surface area contributed by atoms with Gasteiger partial charge in [0.15, 0.2) is 0 Å². The summed E-state index contributed by atoms with van der Waals surface area (Å²) < 4.78 is 5.44. The van der Waals surface area contributed by atoms with Crippen LogP contribution in [0.2, 0.25) is 0 Å². The molecule has 1 N–H and O–H groups in total. The van der Waals surface area contributed by atoms with Gasteiger partial charge in [0.05, 0.1) is 0 Å². The molecule has 0 aromatic carbocycles. The summed E-state index contributed by atoms with van der Waals surface area (Å²) in [4.78, 5) is 28.3. The van der Waals surface area contributed by atoms with Crippen molar-refractivity contribution >= 4 is 11.8 Å². The molecule has 0 aliphatic carbocycles. The molecule has 6 nitrogen and oxygen atoms in total. The summed E-state index contributed by atoms with van der Waals surface area (Å²) in [7, 11) is 0. The van der Waals surface area contributed by atoms with E-state index >= 15 is 0 Å². The lowest BCUT2D eigenvalue weighted by Crippen LogP contribution is -2.54. The Balaban J connectivity index is 1.77. The molecule has 6 heteroatoms. The Morgan fingerprint density at radius 1 is 1.24 bits per heavy atom. The van der Waals surface area contributed by atoms with Crippen LogP contribution in [-0.2, 0) is 14.3 Å². The maximum absolute atomic E-state index is 12.3. The highest BCUT2D eigenvalue weighted by atomic mass is 16.5. The molecule has 2 fully saturated rings. The lowest BCUT2D eigenvalue weighted by molar-refractivity contribution is -0.147. The lowest BCUT2D eigenvalue weighted by atomic mass is 10.1. The van der Waals surface area contributed by atoms with Crippen LogP contribution in [0.4, 0.5) is 0 Å². The van der Waals surface area contributed by atoms with E-state index in [0.717, 1.165) is 19.4 Å². The highest BCUT2D eigenvalue weighted by Gasteiger charge is 2.32. The topological polar surface area (TPSA) is 61.9 Å². The minimum absolute atomic E-state index is 0.00892. The molecule has 0 radical (unpaired) electrons. The zero-order chi connectivity index (χ0) is 15.2. The summed E-state index contributed by atoms with van der Waals surface area (Å²) in [5.41, 5.74) is 0. The molecule has 2 unspecified atom stereocenters. The molecule has 21 heavy (non-hydrogen) atoms. The standard InChI is InChI=1S/C15H27N3O3/c1-3-16-11-12(2)14(19)17-6-8-18(9-7-17)15(20)13-5-4-10-21-13/h12-13,16H,3-11H2,1-2H3. The third-order valence-corrected chi connectivity index (χ3v) is 4.23. The predicted octanol–water partition coefficient (Wildman–Crippen LogP) is 0.0818. The first-order chi connectivity index (χ1) is 10.1. The van der Waals surface area contributed by atoms with Crippen LogP contribution in [0.25, 0.3) is 0 Å². The summed E-state index contributed by atoms with van der Waals surface area (Å²) in [5, 5.41) is 3.20. The molecular formula is C15H27N3O3. The number of nitrogens with zero attached hydrogens (tertiary/aromatic N) is 2. The van der Waals surface area contributed by atoms with Crippen LogP contribution >= 0.6 is 0 Å². The number of piperazine rings is 1. The van der Waals surface area contributed by atoms with Crippen molar-refractivity contribution in [2.75, 3.05) is 45.9 Å². The molecule has 2 heterocycles. The van der Waals surface area contributed by atoms with Crippen molar-refractivity contribution in [1.82, 2.24) is 15.1 Å². The van der Waals surface area contributed by atoms with Crippen molar-refractivity contribution in [2.24, 2.45) is 5.92 Å². The van der Waals surface area contributed by atoms with Gasteiger partial charge in [0.1, 0.15) is 6.10 Å². The van der Waals surface area contributed by atoms with Crippen LogP contribution in [0.3, 0.4) is 0 Å². The summed E-state index contributed by atoms with van der Waals surface area (Å²) in [6, 6.07) is 0. The van der Waals surface area contributed by atoms with Crippen molar-refractivity contribution in [3.05, 3.63) is 0 Å². The SMILES string of the molecule is CCNCC(C)C(=O)N1CCN(C(=O)C2CCCO2)CC1. The molecule has 0 bridgehead atoms. The fourth-order valence-corrected chi connectivity index (χ4v) is 2.88. The monoisotopic (exact) mass is 297 g/mol. The Hall–Kier alpha value is -1.14. The first kappa shape index (κ1) is 16.2. The van der Waals surface area contributed by atoms with Crippen LogP contribution in [-0.4, -0.2) is 73.6 Å². The third-order valence-electron chi connectivity index (χ3n) is 4.23. The molecule has 2 saturated heterocycles. The average Bonchev–Trinajstić information content (AvgIpc) is 3.05. The van der Waals surface area contributed by atoms with Crippen LogP contribution in [0.5, 0.6) is 0 Å². The maximum Gasteiger partial charge on any atom is 0.251 e. The Morgan fingerprint density at radius 3 is 2.48 bits per heavy atom. The Kier molecular flexibility index (Phi) is 5.99. The number of hydrogen-bond donors (Lipinski definition) is 1. The highest BCUT2D eigenvalue weighted by Crippen LogP contribution is 2.16. The van der Waals surface area contributed by atoms with Gasteiger partial charge < -0.3 is 19.9 Å². The van der Waals surface area contributed by atoms with E-state index in [2.05, 4.69) is 5.32 Å². The van der Waals surface area contributed by atoms with Crippen molar-refractivity contribution in [3.8, 4) is 0 Å². The Morgan fingerprint density at radius 2 is 1.90 bits per heavy atom. The summed E-state index contributed by atoms with van der Waals surface area (Å²) in [6.07, 6.45) is 1.55. The molecule has 0 aromatic rings. The minimum Gasteiger partial charge on any atom is -0.368 e. The molecule has 2 rings (SSSR count). The van der Waals surface area contributed by atoms with Gasteiger partial charge in [0.25, 0.3) is 5.91 Å². The Bertz CT molecular complexity index is 361. The van der Waals surface area contributed by atoms with Crippen LogP contribution in [0, 0.1) is 5.92 Å². The van der Waals surface area contributed by atoms with Crippen molar-refractivity contribution in [1.29, 1.82) is 0 Å². The van der Waals surface area contributed by atoms with Gasteiger partial charge in [-0.25, -0.2) is 0 Å². The van der Waals surface area contributed by atoms with Crippen molar-refractivity contribution in [2.45, 2.75) is 32.8 Å². The smallest absolute Gasteiger partial charge is 0.251 e. The largest absolute Gasteiger partial charge is 0.368 e. The zero-order valence-electron chi connectivity index (χ0n) is 13.1. The minimum atomic E-state index is -0.250. The van der Waals surface area contributed by atoms with E-state index in [4.69, 9.17) is 4.74 Å². The van der Waals surface area contributed by atoms with Crippen LogP contribution in [0.1, 0.15) is 26.7 Å². The van der Waals surface area contributed by atoms with E-state index in [1.54, 1.807) is 0 Å². The first-order valence-corrected chi connectivity index (χ1v) is 8.03. The quantitative estimate of drug-likeness (QED) is 0.781. The van der Waals surface area contributed by atoms with E-state index in [9.17, 15) is 9.59 Å². The number of nitrogens with one attached hydrogen (secondary N) is 1. The average molecular weight is 297 g/mol. The second kappa shape index (κ2) is 7.75. The second-order valence-corrected chi connectivity index (χ2v) is 5.86.